The van der Waals surface area contributed by atoms with E-state index >= 15 is 0 Å². The van der Waals surface area contributed by atoms with E-state index in [1.54, 1.807) is 13.1 Å². The number of aliphatic hydroxyl groups is 1. The van der Waals surface area contributed by atoms with E-state index in [9.17, 15) is 5.11 Å². The van der Waals surface area contributed by atoms with E-state index in [1.165, 1.54) is 0 Å². The van der Waals surface area contributed by atoms with Crippen LogP contribution in [0.4, 0.5) is 0 Å². The summed E-state index contributed by atoms with van der Waals surface area (Å²) in [6, 6.07) is 7.65. The summed E-state index contributed by atoms with van der Waals surface area (Å²) in [5.41, 5.74) is 2.66. The monoisotopic (exact) mass is 262 g/mol. The van der Waals surface area contributed by atoms with Gasteiger partial charge in [0.1, 0.15) is 5.82 Å². The molecule has 94 valence electrons. The normalized spacial score (nSPS) is 12.4. The molecule has 0 saturated carbocycles. The molecule has 0 aliphatic carbocycles. The van der Waals surface area contributed by atoms with E-state index in [1.807, 2.05) is 31.2 Å². The smallest absolute Gasteiger partial charge is 0.132 e. The Morgan fingerprint density at radius 1 is 1.39 bits per heavy atom. The van der Waals surface area contributed by atoms with Crippen molar-refractivity contribution in [3.63, 3.8) is 0 Å². The molecule has 0 bridgehead atoms. The molecule has 0 radical (unpaired) electrons. The Labute approximate surface area is 111 Å². The number of rotatable bonds is 3. The quantitative estimate of drug-likeness (QED) is 0.925. The molecule has 0 amide bonds. The minimum Gasteiger partial charge on any atom is -0.389 e. The fourth-order valence-corrected chi connectivity index (χ4v) is 2.06. The first-order valence-electron chi connectivity index (χ1n) is 5.81. The van der Waals surface area contributed by atoms with Crippen molar-refractivity contribution in [1.82, 2.24) is 9.97 Å². The molecule has 1 atom stereocenters. The van der Waals surface area contributed by atoms with Gasteiger partial charge in [0, 0.05) is 28.9 Å². The fourth-order valence-electron chi connectivity index (χ4n) is 1.85. The van der Waals surface area contributed by atoms with E-state index in [0.29, 0.717) is 11.4 Å². The van der Waals surface area contributed by atoms with Crippen LogP contribution < -0.4 is 0 Å². The largest absolute Gasteiger partial charge is 0.389 e. The van der Waals surface area contributed by atoms with Crippen LogP contribution in [0.1, 0.15) is 35.7 Å². The van der Waals surface area contributed by atoms with Gasteiger partial charge in [-0.2, -0.15) is 0 Å². The van der Waals surface area contributed by atoms with Crippen molar-refractivity contribution in [3.8, 4) is 0 Å². The molecule has 1 aromatic heterocycles. The van der Waals surface area contributed by atoms with E-state index in [-0.39, 0.29) is 0 Å². The number of hydrogen-bond acceptors (Lipinski definition) is 3. The maximum absolute atomic E-state index is 9.52. The first kappa shape index (κ1) is 13.0. The van der Waals surface area contributed by atoms with Crippen molar-refractivity contribution in [3.05, 3.63) is 58.1 Å². The van der Waals surface area contributed by atoms with Gasteiger partial charge in [-0.25, -0.2) is 9.97 Å². The Kier molecular flexibility index (Phi) is 3.94. The molecular weight excluding hydrogens is 248 g/mol. The number of benzene rings is 1. The highest BCUT2D eigenvalue weighted by molar-refractivity contribution is 6.30. The Balaban J connectivity index is 2.23. The molecule has 2 rings (SSSR count). The van der Waals surface area contributed by atoms with E-state index in [2.05, 4.69) is 9.97 Å². The summed E-state index contributed by atoms with van der Waals surface area (Å²) < 4.78 is 0. The third-order valence-corrected chi connectivity index (χ3v) is 3.00. The fraction of sp³-hybridized carbons (Fsp3) is 0.286. The Bertz CT molecular complexity index is 555. The highest BCUT2D eigenvalue weighted by Gasteiger charge is 2.08. The molecule has 0 fully saturated rings. The molecule has 1 N–H and O–H groups in total. The van der Waals surface area contributed by atoms with Crippen molar-refractivity contribution in [2.24, 2.45) is 0 Å². The highest BCUT2D eigenvalue weighted by Crippen LogP contribution is 2.16. The Hall–Kier alpha value is -1.45. The van der Waals surface area contributed by atoms with Crippen LogP contribution in [-0.2, 0) is 6.42 Å². The Morgan fingerprint density at radius 2 is 2.17 bits per heavy atom. The van der Waals surface area contributed by atoms with Crippen molar-refractivity contribution in [2.75, 3.05) is 0 Å². The average Bonchev–Trinajstić information content (AvgIpc) is 2.28. The molecule has 2 aromatic rings. The van der Waals surface area contributed by atoms with Crippen LogP contribution in [-0.4, -0.2) is 15.1 Å². The van der Waals surface area contributed by atoms with Gasteiger partial charge in [-0.05, 0) is 31.5 Å². The summed E-state index contributed by atoms with van der Waals surface area (Å²) in [5.74, 6) is 0.735. The SMILES string of the molecule is Cc1nc(Cc2cccc(Cl)c2)ncc1[C@H](C)O. The number of hydrogen-bond donors (Lipinski definition) is 1. The lowest BCUT2D eigenvalue weighted by molar-refractivity contribution is 0.197. The molecule has 0 aliphatic rings. The molecule has 1 heterocycles. The summed E-state index contributed by atoms with van der Waals surface area (Å²) in [7, 11) is 0. The maximum atomic E-state index is 9.52. The minimum absolute atomic E-state index is 0.537. The maximum Gasteiger partial charge on any atom is 0.132 e. The standard InChI is InChI=1S/C14H15ClN2O/c1-9-13(10(2)18)8-16-14(17-9)7-11-4-3-5-12(15)6-11/h3-6,8,10,18H,7H2,1-2H3/t10-/m0/s1. The third kappa shape index (κ3) is 3.06. The number of aryl methyl sites for hydroxylation is 1. The molecule has 0 saturated heterocycles. The first-order chi connectivity index (χ1) is 8.56. The van der Waals surface area contributed by atoms with Gasteiger partial charge < -0.3 is 5.11 Å². The predicted molar refractivity (Wildman–Crippen MR) is 71.7 cm³/mol. The lowest BCUT2D eigenvalue weighted by Crippen LogP contribution is -2.04. The second-order valence-electron chi connectivity index (χ2n) is 4.31. The molecule has 1 aromatic carbocycles. The summed E-state index contributed by atoms with van der Waals surface area (Å²) in [6.45, 7) is 3.59. The summed E-state index contributed by atoms with van der Waals surface area (Å²) in [4.78, 5) is 8.68. The van der Waals surface area contributed by atoms with Gasteiger partial charge in [0.2, 0.25) is 0 Å². The molecule has 0 spiro atoms. The van der Waals surface area contributed by atoms with Gasteiger partial charge in [0.15, 0.2) is 0 Å². The molecular formula is C14H15ClN2O. The second-order valence-corrected chi connectivity index (χ2v) is 4.75. The average molecular weight is 263 g/mol. The summed E-state index contributed by atoms with van der Waals surface area (Å²) in [5, 5.41) is 10.2. The zero-order chi connectivity index (χ0) is 13.1. The van der Waals surface area contributed by atoms with Gasteiger partial charge >= 0.3 is 0 Å². The van der Waals surface area contributed by atoms with E-state index in [0.717, 1.165) is 22.6 Å². The number of nitrogens with zero attached hydrogens (tertiary/aromatic N) is 2. The molecule has 0 unspecified atom stereocenters. The number of halogens is 1. The van der Waals surface area contributed by atoms with Crippen LogP contribution in [0, 0.1) is 6.92 Å². The lowest BCUT2D eigenvalue weighted by atomic mass is 10.1. The highest BCUT2D eigenvalue weighted by atomic mass is 35.5. The van der Waals surface area contributed by atoms with Crippen LogP contribution >= 0.6 is 11.6 Å². The van der Waals surface area contributed by atoms with Crippen molar-refractivity contribution >= 4 is 11.6 Å². The predicted octanol–water partition coefficient (Wildman–Crippen LogP) is 3.08. The van der Waals surface area contributed by atoms with Gasteiger partial charge in [-0.1, -0.05) is 23.7 Å². The topological polar surface area (TPSA) is 46.0 Å². The van der Waals surface area contributed by atoms with Crippen molar-refractivity contribution < 1.29 is 5.11 Å². The molecule has 4 heteroatoms. The van der Waals surface area contributed by atoms with Crippen LogP contribution in [0.5, 0.6) is 0 Å². The molecule has 3 nitrogen and oxygen atoms in total. The minimum atomic E-state index is -0.537. The van der Waals surface area contributed by atoms with Crippen LogP contribution in [0.3, 0.4) is 0 Å². The summed E-state index contributed by atoms with van der Waals surface area (Å²) in [6.07, 6.45) is 1.79. The third-order valence-electron chi connectivity index (χ3n) is 2.77. The van der Waals surface area contributed by atoms with Gasteiger partial charge in [0.25, 0.3) is 0 Å². The number of aromatic nitrogens is 2. The van der Waals surface area contributed by atoms with Crippen LogP contribution in [0.2, 0.25) is 5.02 Å². The zero-order valence-electron chi connectivity index (χ0n) is 10.4. The number of aliphatic hydroxyl groups excluding tert-OH is 1. The van der Waals surface area contributed by atoms with E-state index < -0.39 is 6.10 Å². The van der Waals surface area contributed by atoms with E-state index in [4.69, 9.17) is 11.6 Å². The lowest BCUT2D eigenvalue weighted by Gasteiger charge is -2.09. The van der Waals surface area contributed by atoms with Crippen molar-refractivity contribution in [2.45, 2.75) is 26.4 Å². The van der Waals surface area contributed by atoms with Gasteiger partial charge in [-0.15, -0.1) is 0 Å². The van der Waals surface area contributed by atoms with Crippen LogP contribution in [0.15, 0.2) is 30.5 Å². The van der Waals surface area contributed by atoms with Crippen LogP contribution in [0.25, 0.3) is 0 Å². The van der Waals surface area contributed by atoms with Gasteiger partial charge in [0.05, 0.1) is 6.10 Å². The molecule has 0 aliphatic heterocycles. The second kappa shape index (κ2) is 5.46. The summed E-state index contributed by atoms with van der Waals surface area (Å²) >= 11 is 5.94. The van der Waals surface area contributed by atoms with Gasteiger partial charge in [-0.3, -0.25) is 0 Å². The Morgan fingerprint density at radius 3 is 2.78 bits per heavy atom. The van der Waals surface area contributed by atoms with Crippen molar-refractivity contribution in [1.29, 1.82) is 0 Å². The molecule has 18 heavy (non-hydrogen) atoms. The first-order valence-corrected chi connectivity index (χ1v) is 6.19. The zero-order valence-corrected chi connectivity index (χ0v) is 11.1.